The van der Waals surface area contributed by atoms with Gasteiger partial charge >= 0.3 is 6.03 Å². The highest BCUT2D eigenvalue weighted by Gasteiger charge is 2.19. The molecule has 2 heterocycles. The summed E-state index contributed by atoms with van der Waals surface area (Å²) >= 11 is 3.27. The van der Waals surface area contributed by atoms with Crippen LogP contribution >= 0.6 is 15.9 Å². The predicted molar refractivity (Wildman–Crippen MR) is 98.2 cm³/mol. The van der Waals surface area contributed by atoms with Crippen molar-refractivity contribution in [3.63, 3.8) is 0 Å². The van der Waals surface area contributed by atoms with E-state index in [4.69, 9.17) is 4.74 Å². The summed E-state index contributed by atoms with van der Waals surface area (Å²) in [6, 6.07) is 3.21. The summed E-state index contributed by atoms with van der Waals surface area (Å²) < 4.78 is 20.6. The molecule has 0 unspecified atom stereocenters. The van der Waals surface area contributed by atoms with Crippen molar-refractivity contribution in [1.29, 1.82) is 0 Å². The smallest absolute Gasteiger partial charge is 0.319 e. The number of hydrogen-bond donors (Lipinski definition) is 2. The molecule has 0 aliphatic carbocycles. The molecule has 0 spiro atoms. The zero-order chi connectivity index (χ0) is 19.4. The molecule has 2 amide bonds. The van der Waals surface area contributed by atoms with E-state index in [1.165, 1.54) is 24.2 Å². The van der Waals surface area contributed by atoms with Crippen molar-refractivity contribution in [3.8, 4) is 11.7 Å². The predicted octanol–water partition coefficient (Wildman–Crippen LogP) is 2.85. The fourth-order valence-corrected chi connectivity index (χ4v) is 2.72. The summed E-state index contributed by atoms with van der Waals surface area (Å²) in [5.41, 5.74) is 0.255. The van der Waals surface area contributed by atoms with Gasteiger partial charge < -0.3 is 15.4 Å². The van der Waals surface area contributed by atoms with E-state index in [-0.39, 0.29) is 11.4 Å². The molecule has 2 aromatic heterocycles. The van der Waals surface area contributed by atoms with Gasteiger partial charge in [0, 0.05) is 22.9 Å². The van der Waals surface area contributed by atoms with Crippen LogP contribution in [0.3, 0.4) is 0 Å². The standard InChI is InChI=1S/C16H15BrFN7O2/c1-9(14-21-8-22-25(14)15-19-4-3-5-20-15)23-16(26)24-12-7-11(18)13(27-2)6-10(12)17/h3-9H,1-2H3,(H2,23,24,26)/t9-/m0/s1. The fraction of sp³-hybridized carbons (Fsp3) is 0.188. The SMILES string of the molecule is COc1cc(Br)c(NC(=O)N[C@@H](C)c2ncnn2-c2ncccn2)cc1F. The molecule has 9 nitrogen and oxygen atoms in total. The van der Waals surface area contributed by atoms with Gasteiger partial charge in [0.25, 0.3) is 5.95 Å². The average Bonchev–Trinajstić information content (AvgIpc) is 3.15. The minimum absolute atomic E-state index is 0.0668. The van der Waals surface area contributed by atoms with Gasteiger partial charge in [-0.1, -0.05) is 0 Å². The monoisotopic (exact) mass is 435 g/mol. The Balaban J connectivity index is 1.72. The third-order valence-corrected chi connectivity index (χ3v) is 4.20. The lowest BCUT2D eigenvalue weighted by Crippen LogP contribution is -2.32. The number of aromatic nitrogens is 5. The minimum atomic E-state index is -0.593. The highest BCUT2D eigenvalue weighted by atomic mass is 79.9. The number of anilines is 1. The van der Waals surface area contributed by atoms with Crippen LogP contribution in [0.15, 0.2) is 41.4 Å². The second-order valence-electron chi connectivity index (χ2n) is 5.37. The molecular weight excluding hydrogens is 421 g/mol. The zero-order valence-electron chi connectivity index (χ0n) is 14.3. The van der Waals surface area contributed by atoms with Crippen molar-refractivity contribution in [3.05, 3.63) is 53.0 Å². The number of amides is 2. The van der Waals surface area contributed by atoms with Gasteiger partial charge in [0.05, 0.1) is 18.8 Å². The van der Waals surface area contributed by atoms with Crippen LogP contribution in [0.2, 0.25) is 0 Å². The number of hydrogen-bond acceptors (Lipinski definition) is 6. The molecule has 1 atom stereocenters. The summed E-state index contributed by atoms with van der Waals surface area (Å²) in [4.78, 5) is 24.7. The summed E-state index contributed by atoms with van der Waals surface area (Å²) in [5, 5.41) is 9.37. The van der Waals surface area contributed by atoms with Gasteiger partial charge in [-0.2, -0.15) is 9.78 Å². The largest absolute Gasteiger partial charge is 0.494 e. The van der Waals surface area contributed by atoms with Crippen LogP contribution in [0.1, 0.15) is 18.8 Å². The lowest BCUT2D eigenvalue weighted by molar-refractivity contribution is 0.248. The Bertz CT molecular complexity index is 951. The number of nitrogens with one attached hydrogen (secondary N) is 2. The van der Waals surface area contributed by atoms with E-state index >= 15 is 0 Å². The Kier molecular flexibility index (Phi) is 5.60. The van der Waals surface area contributed by atoms with Crippen molar-refractivity contribution < 1.29 is 13.9 Å². The van der Waals surface area contributed by atoms with E-state index in [9.17, 15) is 9.18 Å². The number of carbonyl (C=O) groups is 1. The topological polar surface area (TPSA) is 107 Å². The third-order valence-electron chi connectivity index (χ3n) is 3.54. The lowest BCUT2D eigenvalue weighted by atomic mass is 10.3. The molecule has 2 N–H and O–H groups in total. The number of ether oxygens (including phenoxy) is 1. The van der Waals surface area contributed by atoms with E-state index in [1.807, 2.05) is 0 Å². The molecule has 1 aromatic carbocycles. The molecule has 3 aromatic rings. The van der Waals surface area contributed by atoms with E-state index in [1.54, 1.807) is 25.4 Å². The summed E-state index contributed by atoms with van der Waals surface area (Å²) in [5.74, 6) is 0.248. The van der Waals surface area contributed by atoms with Gasteiger partial charge in [-0.25, -0.2) is 24.1 Å². The first kappa shape index (κ1) is 18.7. The van der Waals surface area contributed by atoms with Gasteiger partial charge in [0.1, 0.15) is 6.33 Å². The van der Waals surface area contributed by atoms with Gasteiger partial charge in [-0.05, 0) is 35.0 Å². The Morgan fingerprint density at radius 2 is 2.04 bits per heavy atom. The van der Waals surface area contributed by atoms with Crippen LogP contribution in [0.4, 0.5) is 14.9 Å². The minimum Gasteiger partial charge on any atom is -0.494 e. The van der Waals surface area contributed by atoms with Crippen molar-refractivity contribution in [2.75, 3.05) is 12.4 Å². The quantitative estimate of drug-likeness (QED) is 0.637. The van der Waals surface area contributed by atoms with Crippen LogP contribution < -0.4 is 15.4 Å². The van der Waals surface area contributed by atoms with Crippen LogP contribution in [0, 0.1) is 5.82 Å². The first-order valence-electron chi connectivity index (χ1n) is 7.77. The Morgan fingerprint density at radius 1 is 1.30 bits per heavy atom. The van der Waals surface area contributed by atoms with E-state index in [2.05, 4.69) is 46.6 Å². The van der Waals surface area contributed by atoms with Crippen LogP contribution in [-0.4, -0.2) is 37.9 Å². The maximum Gasteiger partial charge on any atom is 0.319 e. The molecule has 0 aliphatic heterocycles. The molecule has 0 radical (unpaired) electrons. The van der Waals surface area contributed by atoms with Crippen molar-refractivity contribution in [2.24, 2.45) is 0 Å². The van der Waals surface area contributed by atoms with Crippen molar-refractivity contribution >= 4 is 27.6 Å². The summed E-state index contributed by atoms with van der Waals surface area (Å²) in [6.07, 6.45) is 4.50. The second kappa shape index (κ2) is 8.08. The number of methoxy groups -OCH3 is 1. The first-order chi connectivity index (χ1) is 13.0. The van der Waals surface area contributed by atoms with Crippen LogP contribution in [-0.2, 0) is 0 Å². The number of rotatable bonds is 5. The first-order valence-corrected chi connectivity index (χ1v) is 8.56. The molecule has 0 fully saturated rings. The van der Waals surface area contributed by atoms with E-state index in [0.29, 0.717) is 16.2 Å². The van der Waals surface area contributed by atoms with Crippen molar-refractivity contribution in [1.82, 2.24) is 30.0 Å². The number of halogens is 2. The fourth-order valence-electron chi connectivity index (χ4n) is 2.30. The zero-order valence-corrected chi connectivity index (χ0v) is 15.9. The molecule has 11 heteroatoms. The molecule has 0 aliphatic rings. The van der Waals surface area contributed by atoms with Crippen molar-refractivity contribution in [2.45, 2.75) is 13.0 Å². The van der Waals surface area contributed by atoms with Gasteiger partial charge in [0.2, 0.25) is 0 Å². The average molecular weight is 436 g/mol. The molecule has 0 bridgehead atoms. The number of nitrogens with zero attached hydrogens (tertiary/aromatic N) is 5. The maximum absolute atomic E-state index is 13.9. The molecule has 0 saturated heterocycles. The molecule has 0 saturated carbocycles. The summed E-state index contributed by atoms with van der Waals surface area (Å²) in [7, 11) is 1.36. The number of benzene rings is 1. The third kappa shape index (κ3) is 4.19. The van der Waals surface area contributed by atoms with E-state index in [0.717, 1.165) is 6.07 Å². The number of urea groups is 1. The molecule has 140 valence electrons. The number of carbonyl (C=O) groups excluding carboxylic acids is 1. The Morgan fingerprint density at radius 3 is 2.74 bits per heavy atom. The summed E-state index contributed by atoms with van der Waals surface area (Å²) in [6.45, 7) is 1.73. The van der Waals surface area contributed by atoms with Gasteiger partial charge in [0.15, 0.2) is 17.4 Å². The van der Waals surface area contributed by atoms with Gasteiger partial charge in [-0.3, -0.25) is 0 Å². The molecule has 27 heavy (non-hydrogen) atoms. The maximum atomic E-state index is 13.9. The Hall–Kier alpha value is -3.08. The van der Waals surface area contributed by atoms with Gasteiger partial charge in [-0.15, -0.1) is 0 Å². The highest BCUT2D eigenvalue weighted by Crippen LogP contribution is 2.30. The van der Waals surface area contributed by atoms with Crippen LogP contribution in [0.5, 0.6) is 5.75 Å². The Labute approximate surface area is 162 Å². The lowest BCUT2D eigenvalue weighted by Gasteiger charge is -2.15. The highest BCUT2D eigenvalue weighted by molar-refractivity contribution is 9.10. The molecular formula is C16H15BrFN7O2. The molecule has 3 rings (SSSR count). The second-order valence-corrected chi connectivity index (χ2v) is 6.22. The normalized spacial score (nSPS) is 11.7. The van der Waals surface area contributed by atoms with Crippen LogP contribution in [0.25, 0.3) is 5.95 Å². The van der Waals surface area contributed by atoms with E-state index < -0.39 is 17.9 Å².